The van der Waals surface area contributed by atoms with E-state index in [1.807, 2.05) is 6.07 Å². The van der Waals surface area contributed by atoms with Gasteiger partial charge in [-0.15, -0.1) is 0 Å². The second kappa shape index (κ2) is 9.17. The Kier molecular flexibility index (Phi) is 5.79. The highest BCUT2D eigenvalue weighted by Gasteiger charge is 2.47. The van der Waals surface area contributed by atoms with Gasteiger partial charge in [0.15, 0.2) is 11.6 Å². The first kappa shape index (κ1) is 24.0. The summed E-state index contributed by atoms with van der Waals surface area (Å²) in [6.07, 6.45) is 7.58. The Balaban J connectivity index is 1.58. The summed E-state index contributed by atoms with van der Waals surface area (Å²) in [5.41, 5.74) is 0.343. The lowest BCUT2D eigenvalue weighted by molar-refractivity contribution is -0.148. The maximum Gasteiger partial charge on any atom is 0.308 e. The molecule has 3 fully saturated rings. The van der Waals surface area contributed by atoms with Crippen LogP contribution in [-0.2, 0) is 4.79 Å². The minimum atomic E-state index is -0.943. The number of halogens is 3. The molecule has 0 spiro atoms. The smallest absolute Gasteiger partial charge is 0.308 e. The number of aromatic nitrogens is 3. The summed E-state index contributed by atoms with van der Waals surface area (Å²) in [5, 5.41) is 23.4. The number of carboxylic acid groups (broad SMARTS) is 1. The van der Waals surface area contributed by atoms with Gasteiger partial charge in [0.2, 0.25) is 0 Å². The third-order valence-corrected chi connectivity index (χ3v) is 7.97. The number of aliphatic carboxylic acids is 1. The van der Waals surface area contributed by atoms with E-state index >= 15 is 4.39 Å². The molecule has 3 N–H and O–H groups in total. The van der Waals surface area contributed by atoms with Crippen molar-refractivity contribution in [2.45, 2.75) is 31.7 Å². The Bertz CT molecular complexity index is 1610. The third kappa shape index (κ3) is 3.77. The molecule has 3 aliphatic rings. The van der Waals surface area contributed by atoms with E-state index in [1.54, 1.807) is 12.1 Å². The van der Waals surface area contributed by atoms with Crippen LogP contribution in [0.1, 0.15) is 31.2 Å². The summed E-state index contributed by atoms with van der Waals surface area (Å²) >= 11 is 0. The quantitative estimate of drug-likeness (QED) is 0.305. The van der Waals surface area contributed by atoms with Crippen LogP contribution >= 0.6 is 0 Å². The number of aromatic amines is 1. The fourth-order valence-corrected chi connectivity index (χ4v) is 6.27. The molecule has 3 heterocycles. The summed E-state index contributed by atoms with van der Waals surface area (Å²) in [6.45, 7) is 0. The molecule has 0 radical (unpaired) electrons. The summed E-state index contributed by atoms with van der Waals surface area (Å²) in [4.78, 5) is 23.5. The lowest BCUT2D eigenvalue weighted by atomic mass is 9.61. The van der Waals surface area contributed by atoms with Gasteiger partial charge in [-0.3, -0.25) is 9.78 Å². The van der Waals surface area contributed by atoms with Crippen LogP contribution in [0.2, 0.25) is 0 Å². The van der Waals surface area contributed by atoms with Crippen LogP contribution in [0.15, 0.2) is 42.9 Å². The Morgan fingerprint density at radius 1 is 1.16 bits per heavy atom. The lowest BCUT2D eigenvalue weighted by Crippen LogP contribution is -2.51. The highest BCUT2D eigenvalue weighted by molar-refractivity contribution is 5.98. The van der Waals surface area contributed by atoms with E-state index in [2.05, 4.69) is 20.3 Å². The van der Waals surface area contributed by atoms with Crippen molar-refractivity contribution in [3.8, 4) is 28.5 Å². The van der Waals surface area contributed by atoms with Gasteiger partial charge in [0.25, 0.3) is 0 Å². The van der Waals surface area contributed by atoms with Crippen LogP contribution < -0.4 is 5.32 Å². The molecule has 0 unspecified atom stereocenters. The molecule has 10 heteroatoms. The number of nitrogens with one attached hydrogen (secondary N) is 2. The van der Waals surface area contributed by atoms with Crippen LogP contribution in [0.25, 0.3) is 33.3 Å². The van der Waals surface area contributed by atoms with E-state index in [-0.39, 0.29) is 50.9 Å². The largest absolute Gasteiger partial charge is 0.481 e. The summed E-state index contributed by atoms with van der Waals surface area (Å²) in [7, 11) is 0. The molecule has 3 aliphatic carbocycles. The van der Waals surface area contributed by atoms with Gasteiger partial charge in [0, 0.05) is 52.8 Å². The van der Waals surface area contributed by atoms with Crippen molar-refractivity contribution >= 4 is 22.7 Å². The van der Waals surface area contributed by atoms with E-state index in [1.165, 1.54) is 18.6 Å². The molecule has 7 nitrogen and oxygen atoms in total. The van der Waals surface area contributed by atoms with Gasteiger partial charge in [-0.2, -0.15) is 5.26 Å². The number of benzene rings is 1. The van der Waals surface area contributed by atoms with E-state index < -0.39 is 35.4 Å². The number of carboxylic acids is 1. The van der Waals surface area contributed by atoms with Crippen molar-refractivity contribution in [1.29, 1.82) is 5.26 Å². The summed E-state index contributed by atoms with van der Waals surface area (Å²) in [5.74, 6) is -4.31. The number of nitriles is 1. The number of anilines is 1. The van der Waals surface area contributed by atoms with Gasteiger partial charge >= 0.3 is 5.97 Å². The second-order valence-electron chi connectivity index (χ2n) is 9.95. The molecule has 7 rings (SSSR count). The predicted molar refractivity (Wildman–Crippen MR) is 133 cm³/mol. The molecule has 192 valence electrons. The highest BCUT2D eigenvalue weighted by atomic mass is 19.1. The first-order valence-electron chi connectivity index (χ1n) is 12.4. The Morgan fingerprint density at radius 3 is 2.61 bits per heavy atom. The molecule has 38 heavy (non-hydrogen) atoms. The fraction of sp³-hybridized carbons (Fsp3) is 0.286. The first-order chi connectivity index (χ1) is 18.4. The van der Waals surface area contributed by atoms with E-state index in [9.17, 15) is 23.9 Å². The zero-order chi connectivity index (χ0) is 26.6. The highest BCUT2D eigenvalue weighted by Crippen LogP contribution is 2.47. The van der Waals surface area contributed by atoms with E-state index in [4.69, 9.17) is 0 Å². The van der Waals surface area contributed by atoms with Crippen molar-refractivity contribution in [1.82, 2.24) is 15.0 Å². The number of carbonyl (C=O) groups is 1. The van der Waals surface area contributed by atoms with Crippen LogP contribution in [-0.4, -0.2) is 32.1 Å². The van der Waals surface area contributed by atoms with Crippen LogP contribution in [0, 0.1) is 46.5 Å². The van der Waals surface area contributed by atoms with Crippen molar-refractivity contribution in [3.05, 3.63) is 65.9 Å². The number of H-pyrrole nitrogens is 1. The van der Waals surface area contributed by atoms with Crippen molar-refractivity contribution < 1.29 is 23.1 Å². The van der Waals surface area contributed by atoms with Gasteiger partial charge in [-0.25, -0.2) is 18.2 Å². The molecule has 2 bridgehead atoms. The van der Waals surface area contributed by atoms with E-state index in [0.717, 1.165) is 37.8 Å². The Hall–Kier alpha value is -4.39. The molecule has 0 aliphatic heterocycles. The van der Waals surface area contributed by atoms with Crippen molar-refractivity contribution in [2.24, 2.45) is 17.8 Å². The minimum Gasteiger partial charge on any atom is -0.481 e. The van der Waals surface area contributed by atoms with Crippen LogP contribution in [0.5, 0.6) is 0 Å². The first-order valence-corrected chi connectivity index (χ1v) is 12.4. The molecular weight excluding hydrogens is 495 g/mol. The SMILES string of the molecule is N#Cc1c(-c2c[nH]c3c(F)cc(F)cc23)nc(N[C@@H]2C3CCC(CC3)[C@H]2C(=O)O)c(F)c1-c1cccnc1. The van der Waals surface area contributed by atoms with Gasteiger partial charge in [-0.1, -0.05) is 6.07 Å². The Labute approximate surface area is 215 Å². The molecule has 0 saturated heterocycles. The minimum absolute atomic E-state index is 0.0133. The normalized spacial score (nSPS) is 22.4. The molecular formula is C28H22F3N5O2. The average Bonchev–Trinajstić information content (AvgIpc) is 3.34. The van der Waals surface area contributed by atoms with Crippen LogP contribution in [0.3, 0.4) is 0 Å². The monoisotopic (exact) mass is 517 g/mol. The lowest BCUT2D eigenvalue weighted by Gasteiger charge is -2.47. The molecule has 1 aromatic carbocycles. The number of fused-ring (bicyclic) bond motifs is 4. The second-order valence-corrected chi connectivity index (χ2v) is 9.95. The average molecular weight is 518 g/mol. The maximum atomic E-state index is 16.2. The molecule has 3 aromatic heterocycles. The zero-order valence-corrected chi connectivity index (χ0v) is 20.0. The predicted octanol–water partition coefficient (Wildman–Crippen LogP) is 5.88. The van der Waals surface area contributed by atoms with Gasteiger partial charge in [0.1, 0.15) is 17.7 Å². The third-order valence-electron chi connectivity index (χ3n) is 7.97. The number of hydrogen-bond donors (Lipinski definition) is 3. The van der Waals surface area contributed by atoms with Gasteiger partial charge < -0.3 is 15.4 Å². The van der Waals surface area contributed by atoms with Gasteiger partial charge in [-0.05, 0) is 49.7 Å². The van der Waals surface area contributed by atoms with Crippen molar-refractivity contribution in [2.75, 3.05) is 5.32 Å². The topological polar surface area (TPSA) is 115 Å². The van der Waals surface area contributed by atoms with Crippen LogP contribution in [0.4, 0.5) is 19.0 Å². The summed E-state index contributed by atoms with van der Waals surface area (Å²) in [6, 6.07) is 6.51. The zero-order valence-electron chi connectivity index (χ0n) is 20.0. The molecule has 0 amide bonds. The Morgan fingerprint density at radius 2 is 1.92 bits per heavy atom. The molecule has 3 saturated carbocycles. The number of nitrogens with zero attached hydrogens (tertiary/aromatic N) is 3. The standard InChI is InChI=1S/C28H22F3N5O2/c29-16-8-17-19(12-34-26(17)20(30)9-16)25-18(10-32)21(15-2-1-7-33-11-15)23(31)27(36-25)35-24-14-5-3-13(4-6-14)22(24)28(37)38/h1-2,7-9,11-14,22,24,34H,3-6H2,(H,35,36)(H,37,38)/t13?,14?,22-,24-/m1/s1. The van der Waals surface area contributed by atoms with Crippen molar-refractivity contribution in [3.63, 3.8) is 0 Å². The fourth-order valence-electron chi connectivity index (χ4n) is 6.27. The number of rotatable bonds is 5. The number of hydrogen-bond acceptors (Lipinski definition) is 5. The van der Waals surface area contributed by atoms with Gasteiger partial charge in [0.05, 0.1) is 22.7 Å². The summed E-state index contributed by atoms with van der Waals surface area (Å²) < 4.78 is 44.9. The number of pyridine rings is 2. The molecule has 2 atom stereocenters. The van der Waals surface area contributed by atoms with E-state index in [0.29, 0.717) is 5.56 Å². The molecule has 4 aromatic rings. The maximum absolute atomic E-state index is 16.2.